The number of amides is 2. The van der Waals surface area contributed by atoms with E-state index in [1.807, 2.05) is 27.7 Å². The fourth-order valence-corrected chi connectivity index (χ4v) is 1.97. The Hall–Kier alpha value is -1.30. The van der Waals surface area contributed by atoms with Crippen LogP contribution >= 0.6 is 0 Å². The summed E-state index contributed by atoms with van der Waals surface area (Å²) in [5, 5.41) is 5.30. The predicted octanol–water partition coefficient (Wildman–Crippen LogP) is 1.19. The van der Waals surface area contributed by atoms with Crippen molar-refractivity contribution in [3.05, 3.63) is 0 Å². The first-order valence-corrected chi connectivity index (χ1v) is 6.59. The summed E-state index contributed by atoms with van der Waals surface area (Å²) in [6.07, 6.45) is 0.374. The Bertz CT molecular complexity index is 338. The molecule has 1 fully saturated rings. The van der Waals surface area contributed by atoms with Crippen LogP contribution in [0.4, 0.5) is 4.79 Å². The minimum Gasteiger partial charge on any atom is -0.444 e. The van der Waals surface area contributed by atoms with Gasteiger partial charge in [0.1, 0.15) is 11.7 Å². The van der Waals surface area contributed by atoms with Gasteiger partial charge in [-0.3, -0.25) is 4.79 Å². The largest absolute Gasteiger partial charge is 0.444 e. The standard InChI is InChI=1S/C13H24N2O4/c1-8(15-12(17)19-13(2,3)4)9-6-7-10(18-9)11(16)14-5/h8-10H,6-7H2,1-5H3,(H,14,16)(H,15,17)/t8-,9-,10+/m0/s1. The van der Waals surface area contributed by atoms with Gasteiger partial charge in [-0.25, -0.2) is 4.79 Å². The van der Waals surface area contributed by atoms with Gasteiger partial charge in [0.25, 0.3) is 0 Å². The smallest absolute Gasteiger partial charge is 0.407 e. The van der Waals surface area contributed by atoms with Crippen molar-refractivity contribution in [2.45, 2.75) is 64.4 Å². The van der Waals surface area contributed by atoms with Crippen LogP contribution in [-0.4, -0.2) is 42.9 Å². The van der Waals surface area contributed by atoms with Gasteiger partial charge in [0.15, 0.2) is 0 Å². The molecule has 1 aliphatic rings. The first-order chi connectivity index (χ1) is 8.73. The molecular weight excluding hydrogens is 248 g/mol. The van der Waals surface area contributed by atoms with Crippen molar-refractivity contribution < 1.29 is 19.1 Å². The molecule has 0 bridgehead atoms. The maximum atomic E-state index is 11.6. The van der Waals surface area contributed by atoms with Crippen LogP contribution in [0.15, 0.2) is 0 Å². The molecule has 2 N–H and O–H groups in total. The highest BCUT2D eigenvalue weighted by Crippen LogP contribution is 2.22. The van der Waals surface area contributed by atoms with E-state index in [9.17, 15) is 9.59 Å². The summed E-state index contributed by atoms with van der Waals surface area (Å²) in [5.41, 5.74) is -0.523. The fourth-order valence-electron chi connectivity index (χ4n) is 1.97. The van der Waals surface area contributed by atoms with Crippen LogP contribution in [0.25, 0.3) is 0 Å². The maximum absolute atomic E-state index is 11.6. The second-order valence-corrected chi connectivity index (χ2v) is 5.79. The molecule has 0 aromatic rings. The number of ether oxygens (including phenoxy) is 2. The monoisotopic (exact) mass is 272 g/mol. The zero-order valence-corrected chi connectivity index (χ0v) is 12.3. The van der Waals surface area contributed by atoms with E-state index in [0.29, 0.717) is 6.42 Å². The Morgan fingerprint density at radius 2 is 1.95 bits per heavy atom. The lowest BCUT2D eigenvalue weighted by Gasteiger charge is -2.24. The topological polar surface area (TPSA) is 76.7 Å². The van der Waals surface area contributed by atoms with Gasteiger partial charge in [-0.1, -0.05) is 0 Å². The molecule has 2 amide bonds. The van der Waals surface area contributed by atoms with Crippen LogP contribution < -0.4 is 10.6 Å². The summed E-state index contributed by atoms with van der Waals surface area (Å²) >= 11 is 0. The summed E-state index contributed by atoms with van der Waals surface area (Å²) in [6.45, 7) is 7.28. The van der Waals surface area contributed by atoms with Crippen molar-refractivity contribution in [3.8, 4) is 0 Å². The normalized spacial score (nSPS) is 24.7. The predicted molar refractivity (Wildman–Crippen MR) is 70.8 cm³/mol. The van der Waals surface area contributed by atoms with E-state index in [-0.39, 0.29) is 18.1 Å². The second-order valence-electron chi connectivity index (χ2n) is 5.79. The highest BCUT2D eigenvalue weighted by Gasteiger charge is 2.34. The molecule has 0 unspecified atom stereocenters. The number of rotatable bonds is 3. The number of carbonyl (C=O) groups excluding carboxylic acids is 2. The molecule has 0 aromatic carbocycles. The third-order valence-corrected chi connectivity index (χ3v) is 2.89. The molecule has 3 atom stereocenters. The molecule has 6 heteroatoms. The maximum Gasteiger partial charge on any atom is 0.407 e. The number of hydrogen-bond acceptors (Lipinski definition) is 4. The Morgan fingerprint density at radius 3 is 2.47 bits per heavy atom. The van der Waals surface area contributed by atoms with Crippen LogP contribution in [-0.2, 0) is 14.3 Å². The Morgan fingerprint density at radius 1 is 1.32 bits per heavy atom. The number of carbonyl (C=O) groups is 2. The van der Waals surface area contributed by atoms with E-state index in [1.54, 1.807) is 7.05 Å². The van der Waals surface area contributed by atoms with Gasteiger partial charge in [-0.15, -0.1) is 0 Å². The Labute approximate surface area is 114 Å². The van der Waals surface area contributed by atoms with Gasteiger partial charge < -0.3 is 20.1 Å². The average Bonchev–Trinajstić information content (AvgIpc) is 2.74. The highest BCUT2D eigenvalue weighted by molar-refractivity contribution is 5.80. The van der Waals surface area contributed by atoms with Crippen LogP contribution in [0.1, 0.15) is 40.5 Å². The SMILES string of the molecule is CNC(=O)[C@H]1CC[C@@H]([C@H](C)NC(=O)OC(C)(C)C)O1. The lowest BCUT2D eigenvalue weighted by atomic mass is 10.1. The second kappa shape index (κ2) is 6.23. The Kier molecular flexibility index (Phi) is 5.17. The fraction of sp³-hybridized carbons (Fsp3) is 0.846. The van der Waals surface area contributed by atoms with Crippen molar-refractivity contribution in [1.29, 1.82) is 0 Å². The van der Waals surface area contributed by atoms with Crippen LogP contribution in [0, 0.1) is 0 Å². The molecule has 1 aliphatic heterocycles. The lowest BCUT2D eigenvalue weighted by Crippen LogP contribution is -2.44. The van der Waals surface area contributed by atoms with E-state index >= 15 is 0 Å². The zero-order valence-electron chi connectivity index (χ0n) is 12.3. The third-order valence-electron chi connectivity index (χ3n) is 2.89. The van der Waals surface area contributed by atoms with Crippen LogP contribution in [0.2, 0.25) is 0 Å². The van der Waals surface area contributed by atoms with Gasteiger partial charge in [0.2, 0.25) is 5.91 Å². The van der Waals surface area contributed by atoms with E-state index < -0.39 is 17.8 Å². The van der Waals surface area contributed by atoms with E-state index in [0.717, 1.165) is 6.42 Å². The summed E-state index contributed by atoms with van der Waals surface area (Å²) in [5.74, 6) is -0.119. The molecule has 6 nitrogen and oxygen atoms in total. The van der Waals surface area contributed by atoms with Gasteiger partial charge >= 0.3 is 6.09 Å². The van der Waals surface area contributed by atoms with Crippen LogP contribution in [0.3, 0.4) is 0 Å². The molecule has 0 aromatic heterocycles. The first kappa shape index (κ1) is 15.8. The van der Waals surface area contributed by atoms with Crippen LogP contribution in [0.5, 0.6) is 0 Å². The molecule has 0 spiro atoms. The summed E-state index contributed by atoms with van der Waals surface area (Å²) in [7, 11) is 1.58. The minimum atomic E-state index is -0.523. The zero-order chi connectivity index (χ0) is 14.6. The van der Waals surface area contributed by atoms with Crippen molar-refractivity contribution >= 4 is 12.0 Å². The quantitative estimate of drug-likeness (QED) is 0.809. The molecule has 0 saturated carbocycles. The molecule has 1 saturated heterocycles. The summed E-state index contributed by atoms with van der Waals surface area (Å²) in [4.78, 5) is 23.1. The van der Waals surface area contributed by atoms with Gasteiger partial charge in [-0.2, -0.15) is 0 Å². The van der Waals surface area contributed by atoms with E-state index in [2.05, 4.69) is 10.6 Å². The first-order valence-electron chi connectivity index (χ1n) is 6.59. The van der Waals surface area contributed by atoms with Gasteiger partial charge in [0.05, 0.1) is 12.1 Å². The minimum absolute atomic E-state index is 0.119. The van der Waals surface area contributed by atoms with Crippen molar-refractivity contribution in [3.63, 3.8) is 0 Å². The third kappa shape index (κ3) is 5.06. The van der Waals surface area contributed by atoms with Crippen molar-refractivity contribution in [2.24, 2.45) is 0 Å². The van der Waals surface area contributed by atoms with Crippen molar-refractivity contribution in [1.82, 2.24) is 10.6 Å². The summed E-state index contributed by atoms with van der Waals surface area (Å²) in [6, 6.07) is -0.190. The molecule has 1 heterocycles. The molecule has 0 radical (unpaired) electrons. The molecule has 19 heavy (non-hydrogen) atoms. The molecule has 0 aliphatic carbocycles. The van der Waals surface area contributed by atoms with Gasteiger partial charge in [0, 0.05) is 7.05 Å². The number of nitrogens with one attached hydrogen (secondary N) is 2. The molecule has 1 rings (SSSR count). The molecule has 110 valence electrons. The highest BCUT2D eigenvalue weighted by atomic mass is 16.6. The lowest BCUT2D eigenvalue weighted by molar-refractivity contribution is -0.131. The summed E-state index contributed by atoms with van der Waals surface area (Å²) < 4.78 is 10.8. The van der Waals surface area contributed by atoms with E-state index in [4.69, 9.17) is 9.47 Å². The molecular formula is C13H24N2O4. The van der Waals surface area contributed by atoms with E-state index in [1.165, 1.54) is 0 Å². The number of alkyl carbamates (subject to hydrolysis) is 1. The number of likely N-dealkylation sites (N-methyl/N-ethyl adjacent to an activating group) is 1. The van der Waals surface area contributed by atoms with Gasteiger partial charge in [-0.05, 0) is 40.5 Å². The Balaban J connectivity index is 2.41. The number of hydrogen-bond donors (Lipinski definition) is 2. The van der Waals surface area contributed by atoms with Crippen molar-refractivity contribution in [2.75, 3.05) is 7.05 Å². The average molecular weight is 272 g/mol.